The Labute approximate surface area is 92.0 Å². The average Bonchev–Trinajstić information content (AvgIpc) is 2.71. The second-order valence-corrected chi connectivity index (χ2v) is 3.40. The molecule has 0 bridgehead atoms. The molecule has 0 saturated heterocycles. The second kappa shape index (κ2) is 6.49. The van der Waals surface area contributed by atoms with Crippen molar-refractivity contribution < 1.29 is 18.0 Å². The summed E-state index contributed by atoms with van der Waals surface area (Å²) >= 11 is 0. The van der Waals surface area contributed by atoms with E-state index in [0.29, 0.717) is 24.7 Å². The first kappa shape index (κ1) is 13.0. The van der Waals surface area contributed by atoms with Crippen molar-refractivity contribution in [3.8, 4) is 0 Å². The Kier molecular flexibility index (Phi) is 5.27. The lowest BCUT2D eigenvalue weighted by Crippen LogP contribution is -2.10. The van der Waals surface area contributed by atoms with Crippen LogP contribution in [0.3, 0.4) is 0 Å². The Morgan fingerprint density at radius 1 is 1.50 bits per heavy atom. The van der Waals surface area contributed by atoms with E-state index in [1.807, 2.05) is 6.92 Å². The minimum Gasteiger partial charge on any atom is -0.375 e. The molecule has 1 aromatic rings. The molecule has 1 aromatic heterocycles. The van der Waals surface area contributed by atoms with Crippen molar-refractivity contribution in [1.82, 2.24) is 10.1 Å². The summed E-state index contributed by atoms with van der Waals surface area (Å²) < 4.78 is 33.1. The molecule has 0 aliphatic carbocycles. The van der Waals surface area contributed by atoms with Gasteiger partial charge in [0.1, 0.15) is 6.61 Å². The van der Waals surface area contributed by atoms with E-state index in [-0.39, 0.29) is 12.5 Å². The summed E-state index contributed by atoms with van der Waals surface area (Å²) in [5.41, 5.74) is 5.44. The molecule has 5 nitrogen and oxygen atoms in total. The topological polar surface area (TPSA) is 74.2 Å². The second-order valence-electron chi connectivity index (χ2n) is 3.40. The molecular weight excluding hydrogens is 220 g/mol. The molecule has 1 unspecified atom stereocenters. The summed E-state index contributed by atoms with van der Waals surface area (Å²) in [4.78, 5) is 4.07. The summed E-state index contributed by atoms with van der Waals surface area (Å²) in [6, 6.07) is 0. The maximum Gasteiger partial charge on any atom is 0.261 e. The van der Waals surface area contributed by atoms with E-state index in [9.17, 15) is 8.78 Å². The number of halogens is 2. The first-order valence-electron chi connectivity index (χ1n) is 5.02. The highest BCUT2D eigenvalue weighted by atomic mass is 19.3. The molecule has 1 heterocycles. The number of ether oxygens (including phenoxy) is 1. The number of rotatable bonds is 7. The van der Waals surface area contributed by atoms with Gasteiger partial charge >= 0.3 is 0 Å². The minimum atomic E-state index is -2.45. The van der Waals surface area contributed by atoms with Crippen LogP contribution in [-0.2, 0) is 11.2 Å². The van der Waals surface area contributed by atoms with Crippen LogP contribution in [0.5, 0.6) is 0 Å². The fourth-order valence-corrected chi connectivity index (χ4v) is 1.01. The minimum absolute atomic E-state index is 0.0273. The van der Waals surface area contributed by atoms with Crippen LogP contribution in [0.4, 0.5) is 8.78 Å². The summed E-state index contributed by atoms with van der Waals surface area (Å²) in [6.45, 7) is 1.88. The van der Waals surface area contributed by atoms with E-state index in [2.05, 4.69) is 10.1 Å². The number of alkyl halides is 2. The van der Waals surface area contributed by atoms with Crippen LogP contribution < -0.4 is 5.73 Å². The van der Waals surface area contributed by atoms with Gasteiger partial charge in [-0.2, -0.15) is 4.98 Å². The number of hydrogen-bond donors (Lipinski definition) is 1. The molecule has 0 amide bonds. The summed E-state index contributed by atoms with van der Waals surface area (Å²) in [5, 5.41) is 3.73. The van der Waals surface area contributed by atoms with Gasteiger partial charge in [-0.15, -0.1) is 0 Å². The van der Waals surface area contributed by atoms with Gasteiger partial charge in [-0.25, -0.2) is 8.78 Å². The summed E-state index contributed by atoms with van der Waals surface area (Å²) in [5.74, 6) is 0.940. The Bertz CT molecular complexity index is 307. The molecule has 0 saturated carbocycles. The van der Waals surface area contributed by atoms with E-state index < -0.39 is 13.0 Å². The van der Waals surface area contributed by atoms with E-state index in [1.54, 1.807) is 0 Å². The van der Waals surface area contributed by atoms with Crippen LogP contribution in [0.25, 0.3) is 0 Å². The Hall–Kier alpha value is -1.08. The van der Waals surface area contributed by atoms with Crippen molar-refractivity contribution in [1.29, 1.82) is 0 Å². The number of hydrogen-bond acceptors (Lipinski definition) is 5. The van der Waals surface area contributed by atoms with E-state index in [0.717, 1.165) is 0 Å². The Morgan fingerprint density at radius 2 is 2.25 bits per heavy atom. The van der Waals surface area contributed by atoms with Crippen molar-refractivity contribution in [3.05, 3.63) is 11.7 Å². The SMILES string of the molecule is CC(CN)c1noc(CCOCC(F)F)n1. The van der Waals surface area contributed by atoms with E-state index >= 15 is 0 Å². The average molecular weight is 235 g/mol. The zero-order valence-corrected chi connectivity index (χ0v) is 9.03. The van der Waals surface area contributed by atoms with Gasteiger partial charge in [-0.3, -0.25) is 0 Å². The van der Waals surface area contributed by atoms with Gasteiger partial charge in [0, 0.05) is 12.5 Å². The first-order valence-corrected chi connectivity index (χ1v) is 5.02. The lowest BCUT2D eigenvalue weighted by Gasteiger charge is -2.00. The van der Waals surface area contributed by atoms with Crippen molar-refractivity contribution in [2.75, 3.05) is 19.8 Å². The predicted octanol–water partition coefficient (Wildman–Crippen LogP) is 0.956. The lowest BCUT2D eigenvalue weighted by atomic mass is 10.2. The highest BCUT2D eigenvalue weighted by Gasteiger charge is 2.12. The largest absolute Gasteiger partial charge is 0.375 e. The molecule has 1 rings (SSSR count). The maximum atomic E-state index is 11.7. The molecule has 16 heavy (non-hydrogen) atoms. The smallest absolute Gasteiger partial charge is 0.261 e. The zero-order valence-electron chi connectivity index (χ0n) is 9.03. The third-order valence-electron chi connectivity index (χ3n) is 1.98. The molecule has 0 spiro atoms. The van der Waals surface area contributed by atoms with E-state index in [4.69, 9.17) is 15.0 Å². The van der Waals surface area contributed by atoms with Crippen LogP contribution in [-0.4, -0.2) is 36.3 Å². The molecular formula is C9H15F2N3O2. The predicted molar refractivity (Wildman–Crippen MR) is 52.3 cm³/mol. The molecule has 0 aliphatic rings. The zero-order chi connectivity index (χ0) is 12.0. The van der Waals surface area contributed by atoms with Crippen LogP contribution in [0.1, 0.15) is 24.6 Å². The highest BCUT2D eigenvalue weighted by Crippen LogP contribution is 2.09. The van der Waals surface area contributed by atoms with Gasteiger partial charge in [0.2, 0.25) is 5.89 Å². The van der Waals surface area contributed by atoms with Crippen LogP contribution >= 0.6 is 0 Å². The van der Waals surface area contributed by atoms with Gasteiger partial charge < -0.3 is 15.0 Å². The molecule has 0 aromatic carbocycles. The normalized spacial score (nSPS) is 13.3. The molecule has 0 fully saturated rings. The van der Waals surface area contributed by atoms with Gasteiger partial charge in [-0.05, 0) is 0 Å². The standard InChI is InChI=1S/C9H15F2N3O2/c1-6(4-12)9-13-8(16-14-9)2-3-15-5-7(10)11/h6-7H,2-5,12H2,1H3. The van der Waals surface area contributed by atoms with Crippen LogP contribution in [0, 0.1) is 0 Å². The summed E-state index contributed by atoms with van der Waals surface area (Å²) in [6.07, 6.45) is -2.12. The Morgan fingerprint density at radius 3 is 2.88 bits per heavy atom. The van der Waals surface area contributed by atoms with Gasteiger partial charge in [0.15, 0.2) is 5.82 Å². The molecule has 0 radical (unpaired) electrons. The van der Waals surface area contributed by atoms with Gasteiger partial charge in [-0.1, -0.05) is 12.1 Å². The van der Waals surface area contributed by atoms with Crippen molar-refractivity contribution >= 4 is 0 Å². The quantitative estimate of drug-likeness (QED) is 0.712. The first-order chi connectivity index (χ1) is 7.63. The van der Waals surface area contributed by atoms with Crippen LogP contribution in [0.15, 0.2) is 4.52 Å². The number of aromatic nitrogens is 2. The molecule has 0 aliphatic heterocycles. The van der Waals surface area contributed by atoms with Crippen molar-refractivity contribution in [2.45, 2.75) is 25.7 Å². The Balaban J connectivity index is 2.29. The van der Waals surface area contributed by atoms with Gasteiger partial charge in [0.05, 0.1) is 13.0 Å². The number of nitrogens with two attached hydrogens (primary N) is 1. The third kappa shape index (κ3) is 4.19. The lowest BCUT2D eigenvalue weighted by molar-refractivity contribution is 0.0171. The summed E-state index contributed by atoms with van der Waals surface area (Å²) in [7, 11) is 0. The fraction of sp³-hybridized carbons (Fsp3) is 0.778. The fourth-order valence-electron chi connectivity index (χ4n) is 1.01. The molecule has 1 atom stereocenters. The molecule has 92 valence electrons. The van der Waals surface area contributed by atoms with E-state index in [1.165, 1.54) is 0 Å². The molecule has 7 heteroatoms. The monoisotopic (exact) mass is 235 g/mol. The highest BCUT2D eigenvalue weighted by molar-refractivity contribution is 4.94. The van der Waals surface area contributed by atoms with Crippen molar-refractivity contribution in [2.24, 2.45) is 5.73 Å². The van der Waals surface area contributed by atoms with Gasteiger partial charge in [0.25, 0.3) is 6.43 Å². The van der Waals surface area contributed by atoms with Crippen LogP contribution in [0.2, 0.25) is 0 Å². The molecule has 2 N–H and O–H groups in total. The van der Waals surface area contributed by atoms with Crippen molar-refractivity contribution in [3.63, 3.8) is 0 Å². The maximum absolute atomic E-state index is 11.7. The number of nitrogens with zero attached hydrogens (tertiary/aromatic N) is 2. The third-order valence-corrected chi connectivity index (χ3v) is 1.98.